The summed E-state index contributed by atoms with van der Waals surface area (Å²) in [5.41, 5.74) is 1.07. The van der Waals surface area contributed by atoms with E-state index in [0.29, 0.717) is 11.1 Å². The van der Waals surface area contributed by atoms with E-state index in [2.05, 4.69) is 36.6 Å². The minimum atomic E-state index is -4.85. The van der Waals surface area contributed by atoms with Gasteiger partial charge in [0, 0.05) is 33.8 Å². The molecule has 0 saturated carbocycles. The molecule has 27 heavy (non-hydrogen) atoms. The molecule has 0 bridgehead atoms. The van der Waals surface area contributed by atoms with E-state index in [1.807, 2.05) is 0 Å². The Labute approximate surface area is 166 Å². The van der Waals surface area contributed by atoms with Gasteiger partial charge in [0.15, 0.2) is 5.70 Å². The summed E-state index contributed by atoms with van der Waals surface area (Å²) in [5.74, 6) is -0.426. The van der Waals surface area contributed by atoms with Gasteiger partial charge in [-0.2, -0.15) is 0 Å². The topological polar surface area (TPSA) is 17.2 Å². The summed E-state index contributed by atoms with van der Waals surface area (Å²) in [6, 6.07) is 8.23. The molecule has 0 unspecified atom stereocenters. The Hall–Kier alpha value is -1.88. The number of aromatic nitrogens is 1. The molecule has 0 spiro atoms. The zero-order valence-electron chi connectivity index (χ0n) is 13.1. The van der Waals surface area contributed by atoms with Crippen LogP contribution in [0.5, 0.6) is 5.75 Å². The molecule has 4 rings (SSSR count). The Kier molecular flexibility index (Phi) is 4.15. The summed E-state index contributed by atoms with van der Waals surface area (Å²) in [4.78, 5) is 0. The molecule has 2 aliphatic heterocycles. The summed E-state index contributed by atoms with van der Waals surface area (Å²) >= 11 is 6.26. The van der Waals surface area contributed by atoms with Crippen molar-refractivity contribution in [2.24, 2.45) is 0 Å². The molecule has 0 N–H and O–H groups in total. The van der Waals surface area contributed by atoms with E-state index in [-0.39, 0.29) is 20.6 Å². The third-order valence-corrected chi connectivity index (χ3v) is 5.52. The molecular weight excluding hydrogens is 502 g/mol. The lowest BCUT2D eigenvalue weighted by molar-refractivity contribution is -0.358. The van der Waals surface area contributed by atoms with E-state index >= 15 is 8.63 Å². The lowest BCUT2D eigenvalue weighted by Crippen LogP contribution is -2.50. The van der Waals surface area contributed by atoms with Crippen molar-refractivity contribution in [2.45, 2.75) is 6.36 Å². The molecule has 2 aromatic rings. The molecule has 2 aliphatic rings. The van der Waals surface area contributed by atoms with Crippen molar-refractivity contribution in [3.8, 4) is 5.75 Å². The summed E-state index contributed by atoms with van der Waals surface area (Å²) in [6.45, 7) is -4.19. The molecule has 11 heteroatoms. The van der Waals surface area contributed by atoms with E-state index in [4.69, 9.17) is 0 Å². The standard InChI is InChI=1S/C16H8BBr2F5N2O/c18-13-6-4-11-15(9-2-1-3-10(8-9)27-16(20,21)22)12-5-7-14(19)26(12)17(23,24)25(11)13/h1-8H. The number of benzene rings is 1. The first kappa shape index (κ1) is 18.5. The summed E-state index contributed by atoms with van der Waals surface area (Å²) < 4.78 is 73.9. The van der Waals surface area contributed by atoms with Crippen molar-refractivity contribution in [3.63, 3.8) is 0 Å². The van der Waals surface area contributed by atoms with Crippen molar-refractivity contribution >= 4 is 49.0 Å². The highest BCUT2D eigenvalue weighted by Crippen LogP contribution is 2.42. The van der Waals surface area contributed by atoms with Gasteiger partial charge in [0.1, 0.15) is 5.75 Å². The lowest BCUT2D eigenvalue weighted by atomic mass is 9.86. The van der Waals surface area contributed by atoms with Crippen LogP contribution < -0.4 is 4.74 Å². The Balaban J connectivity index is 1.96. The smallest absolute Gasteiger partial charge is 0.406 e. The van der Waals surface area contributed by atoms with Crippen LogP contribution in [0.25, 0.3) is 5.57 Å². The molecule has 0 fully saturated rings. The van der Waals surface area contributed by atoms with Crippen LogP contribution in [0, 0.1) is 0 Å². The Morgan fingerprint density at radius 2 is 1.78 bits per heavy atom. The first-order chi connectivity index (χ1) is 12.6. The van der Waals surface area contributed by atoms with E-state index in [1.54, 1.807) is 6.07 Å². The summed E-state index contributed by atoms with van der Waals surface area (Å²) in [7, 11) is 0. The minimum Gasteiger partial charge on any atom is -0.406 e. The number of fused-ring (bicyclic) bond motifs is 2. The largest absolute Gasteiger partial charge is 0.738 e. The summed E-state index contributed by atoms with van der Waals surface area (Å²) in [6.07, 6.45) is -1.88. The van der Waals surface area contributed by atoms with Crippen molar-refractivity contribution in [3.05, 3.63) is 70.1 Å². The van der Waals surface area contributed by atoms with Gasteiger partial charge in [-0.05, 0) is 45.8 Å². The second-order valence-corrected chi connectivity index (χ2v) is 7.49. The number of hydrogen-bond donors (Lipinski definition) is 0. The monoisotopic (exact) mass is 508 g/mol. The average Bonchev–Trinajstić information content (AvgIpc) is 3.11. The number of halogens is 7. The van der Waals surface area contributed by atoms with Crippen LogP contribution in [0.2, 0.25) is 0 Å². The molecule has 3 nitrogen and oxygen atoms in total. The molecule has 0 radical (unpaired) electrons. The first-order valence-electron chi connectivity index (χ1n) is 7.59. The molecule has 0 saturated heterocycles. The second-order valence-electron chi connectivity index (χ2n) is 5.86. The SMILES string of the molecule is F[B-]1(F)n2c(Br)ccc2C(c2cccc(OC(F)(F)F)c2)=C2C=CC(Br)=[N+]21. The maximum atomic E-state index is 15.1. The highest BCUT2D eigenvalue weighted by molar-refractivity contribution is 9.18. The van der Waals surface area contributed by atoms with Crippen LogP contribution in [0.3, 0.4) is 0 Å². The third kappa shape index (κ3) is 2.96. The van der Waals surface area contributed by atoms with Gasteiger partial charge < -0.3 is 22.3 Å². The molecule has 0 aliphatic carbocycles. The summed E-state index contributed by atoms with van der Waals surface area (Å²) in [5, 5.41) is 0. The maximum absolute atomic E-state index is 15.1. The maximum Gasteiger partial charge on any atom is 0.738 e. The predicted octanol–water partition coefficient (Wildman–Crippen LogP) is 5.52. The molecular formula is C16H8BBr2F5N2O. The number of rotatable bonds is 2. The van der Waals surface area contributed by atoms with Crippen molar-refractivity contribution in [1.82, 2.24) is 4.48 Å². The Morgan fingerprint density at radius 1 is 1.04 bits per heavy atom. The van der Waals surface area contributed by atoms with Crippen molar-refractivity contribution in [1.29, 1.82) is 0 Å². The van der Waals surface area contributed by atoms with Crippen LogP contribution in [0.15, 0.2) is 58.9 Å². The van der Waals surface area contributed by atoms with E-state index in [9.17, 15) is 13.2 Å². The molecule has 3 heterocycles. The van der Waals surface area contributed by atoms with Crippen LogP contribution in [0.4, 0.5) is 21.8 Å². The van der Waals surface area contributed by atoms with E-state index < -0.39 is 19.1 Å². The predicted molar refractivity (Wildman–Crippen MR) is 98.0 cm³/mol. The van der Waals surface area contributed by atoms with Crippen LogP contribution >= 0.6 is 31.9 Å². The lowest BCUT2D eigenvalue weighted by Gasteiger charge is -2.32. The van der Waals surface area contributed by atoms with Crippen molar-refractivity contribution < 1.29 is 31.0 Å². The number of allylic oxidation sites excluding steroid dienone is 2. The van der Waals surface area contributed by atoms with Gasteiger partial charge >= 0.3 is 13.3 Å². The highest BCUT2D eigenvalue weighted by Gasteiger charge is 2.54. The van der Waals surface area contributed by atoms with Crippen LogP contribution in [-0.2, 0) is 0 Å². The number of ether oxygens (including phenoxy) is 1. The minimum absolute atomic E-state index is 0.161. The zero-order valence-corrected chi connectivity index (χ0v) is 16.3. The zero-order chi connectivity index (χ0) is 19.6. The Morgan fingerprint density at radius 3 is 2.48 bits per heavy atom. The molecule has 0 amide bonds. The first-order valence-corrected chi connectivity index (χ1v) is 9.18. The molecule has 140 valence electrons. The van der Waals surface area contributed by atoms with E-state index in [1.165, 1.54) is 36.4 Å². The van der Waals surface area contributed by atoms with Crippen molar-refractivity contribution in [2.75, 3.05) is 0 Å². The second kappa shape index (κ2) is 6.06. The number of hydrogen-bond acceptors (Lipinski definition) is 1. The van der Waals surface area contributed by atoms with Gasteiger partial charge in [-0.3, -0.25) is 0 Å². The fourth-order valence-corrected chi connectivity index (χ4v) is 4.42. The average molecular weight is 510 g/mol. The van der Waals surface area contributed by atoms with E-state index in [0.717, 1.165) is 15.0 Å². The Bertz CT molecular complexity index is 1060. The van der Waals surface area contributed by atoms with Crippen LogP contribution in [-0.4, -0.2) is 26.9 Å². The van der Waals surface area contributed by atoms with Gasteiger partial charge in [-0.25, -0.2) is 0 Å². The fraction of sp³-hybridized carbons (Fsp3) is 0.0625. The third-order valence-electron chi connectivity index (χ3n) is 4.23. The van der Waals surface area contributed by atoms with Gasteiger partial charge in [-0.1, -0.05) is 12.1 Å². The van der Waals surface area contributed by atoms with Gasteiger partial charge in [0.05, 0.1) is 10.2 Å². The van der Waals surface area contributed by atoms with Gasteiger partial charge in [0.2, 0.25) is 4.62 Å². The molecule has 1 aromatic heterocycles. The van der Waals surface area contributed by atoms with Gasteiger partial charge in [-0.15, -0.1) is 13.2 Å². The van der Waals surface area contributed by atoms with Gasteiger partial charge in [0.25, 0.3) is 0 Å². The quantitative estimate of drug-likeness (QED) is 0.385. The fourth-order valence-electron chi connectivity index (χ4n) is 3.28. The normalized spacial score (nSPS) is 18.0. The molecule has 0 atom stereocenters. The molecule has 1 aromatic carbocycles. The number of nitrogens with zero attached hydrogens (tertiary/aromatic N) is 2. The highest BCUT2D eigenvalue weighted by atomic mass is 79.9. The van der Waals surface area contributed by atoms with Crippen LogP contribution in [0.1, 0.15) is 11.3 Å². The number of alkyl halides is 3.